The third-order valence-corrected chi connectivity index (χ3v) is 3.86. The maximum atomic E-state index is 14.3. The number of anilines is 1. The summed E-state index contributed by atoms with van der Waals surface area (Å²) in [5, 5.41) is 9.47. The number of nitrogens with two attached hydrogens (primary N) is 1. The predicted molar refractivity (Wildman–Crippen MR) is 89.2 cm³/mol. The topological polar surface area (TPSA) is 62.7 Å². The third kappa shape index (κ3) is 2.68. The fraction of sp³-hybridized carbons (Fsp3) is 0. The van der Waals surface area contributed by atoms with Crippen LogP contribution in [-0.4, -0.2) is 4.98 Å². The summed E-state index contributed by atoms with van der Waals surface area (Å²) < 4.78 is 28.3. The Kier molecular flexibility index (Phi) is 4.15. The Morgan fingerprint density at radius 1 is 1.00 bits per heavy atom. The molecular formula is C18H10ClF2N3. The van der Waals surface area contributed by atoms with Gasteiger partial charge in [0, 0.05) is 16.7 Å². The van der Waals surface area contributed by atoms with E-state index in [1.54, 1.807) is 12.1 Å². The fourth-order valence-electron chi connectivity index (χ4n) is 2.44. The van der Waals surface area contributed by atoms with Gasteiger partial charge in [-0.2, -0.15) is 5.26 Å². The Morgan fingerprint density at radius 2 is 1.71 bits per heavy atom. The van der Waals surface area contributed by atoms with Gasteiger partial charge in [0.25, 0.3) is 0 Å². The molecule has 0 atom stereocenters. The first-order valence-electron chi connectivity index (χ1n) is 6.93. The van der Waals surface area contributed by atoms with Crippen LogP contribution in [-0.2, 0) is 0 Å². The van der Waals surface area contributed by atoms with Crippen LogP contribution in [0.4, 0.5) is 14.6 Å². The molecule has 118 valence electrons. The molecule has 0 saturated heterocycles. The lowest BCUT2D eigenvalue weighted by Gasteiger charge is -2.12. The van der Waals surface area contributed by atoms with Crippen molar-refractivity contribution < 1.29 is 8.78 Å². The highest BCUT2D eigenvalue weighted by molar-refractivity contribution is 6.33. The van der Waals surface area contributed by atoms with E-state index < -0.39 is 11.6 Å². The normalized spacial score (nSPS) is 10.4. The van der Waals surface area contributed by atoms with Gasteiger partial charge < -0.3 is 5.73 Å². The van der Waals surface area contributed by atoms with Crippen LogP contribution in [0.1, 0.15) is 5.56 Å². The zero-order chi connectivity index (χ0) is 17.3. The number of benzene rings is 2. The summed E-state index contributed by atoms with van der Waals surface area (Å²) >= 11 is 6.09. The van der Waals surface area contributed by atoms with E-state index in [9.17, 15) is 14.0 Å². The molecule has 0 bridgehead atoms. The van der Waals surface area contributed by atoms with E-state index in [2.05, 4.69) is 4.98 Å². The first-order valence-corrected chi connectivity index (χ1v) is 7.30. The van der Waals surface area contributed by atoms with E-state index in [-0.39, 0.29) is 38.8 Å². The Bertz CT molecular complexity index is 960. The lowest BCUT2D eigenvalue weighted by atomic mass is 9.98. The molecule has 3 aromatic rings. The van der Waals surface area contributed by atoms with Gasteiger partial charge in [0.2, 0.25) is 0 Å². The largest absolute Gasteiger partial charge is 0.383 e. The van der Waals surface area contributed by atoms with Crippen LogP contribution in [0, 0.1) is 23.0 Å². The highest BCUT2D eigenvalue weighted by Crippen LogP contribution is 2.37. The molecule has 0 amide bonds. The second-order valence-electron chi connectivity index (χ2n) is 5.00. The Labute approximate surface area is 141 Å². The minimum atomic E-state index is -0.607. The van der Waals surface area contributed by atoms with Crippen molar-refractivity contribution in [3.63, 3.8) is 0 Å². The first-order chi connectivity index (χ1) is 11.5. The highest BCUT2D eigenvalue weighted by atomic mass is 35.5. The van der Waals surface area contributed by atoms with Crippen molar-refractivity contribution in [3.8, 4) is 28.5 Å². The molecule has 0 aliphatic carbocycles. The van der Waals surface area contributed by atoms with E-state index in [0.717, 1.165) is 0 Å². The van der Waals surface area contributed by atoms with Gasteiger partial charge in [0.15, 0.2) is 0 Å². The first kappa shape index (κ1) is 15.9. The standard InChI is InChI=1S/C18H10ClF2N3/c19-13-5-3-7-15(21)17(13)11-8-16(24-18(23)12(11)9-22)10-4-1-2-6-14(10)20/h1-8H,(H2,23,24). The van der Waals surface area contributed by atoms with Gasteiger partial charge in [-0.05, 0) is 30.3 Å². The van der Waals surface area contributed by atoms with Crippen LogP contribution in [0.15, 0.2) is 48.5 Å². The van der Waals surface area contributed by atoms with Crippen molar-refractivity contribution >= 4 is 17.4 Å². The Morgan fingerprint density at radius 3 is 2.38 bits per heavy atom. The average molecular weight is 342 g/mol. The quantitative estimate of drug-likeness (QED) is 0.728. The van der Waals surface area contributed by atoms with Gasteiger partial charge in [0.1, 0.15) is 29.1 Å². The monoisotopic (exact) mass is 341 g/mol. The molecule has 0 saturated carbocycles. The van der Waals surface area contributed by atoms with E-state index in [1.807, 2.05) is 6.07 Å². The molecule has 0 fully saturated rings. The van der Waals surface area contributed by atoms with Gasteiger partial charge in [-0.15, -0.1) is 0 Å². The number of halogens is 3. The van der Waals surface area contributed by atoms with Crippen molar-refractivity contribution in [1.29, 1.82) is 5.26 Å². The zero-order valence-corrected chi connectivity index (χ0v) is 13.0. The van der Waals surface area contributed by atoms with Crippen LogP contribution < -0.4 is 5.73 Å². The van der Waals surface area contributed by atoms with Crippen LogP contribution in [0.25, 0.3) is 22.4 Å². The number of aromatic nitrogens is 1. The summed E-state index contributed by atoms with van der Waals surface area (Å²) in [4.78, 5) is 4.07. The summed E-state index contributed by atoms with van der Waals surface area (Å²) in [6.07, 6.45) is 0. The van der Waals surface area contributed by atoms with Crippen LogP contribution in [0.3, 0.4) is 0 Å². The van der Waals surface area contributed by atoms with Gasteiger partial charge in [-0.3, -0.25) is 0 Å². The van der Waals surface area contributed by atoms with Crippen molar-refractivity contribution in [2.75, 3.05) is 5.73 Å². The number of pyridine rings is 1. The molecule has 0 unspecified atom stereocenters. The molecule has 1 aromatic heterocycles. The smallest absolute Gasteiger partial charge is 0.142 e. The van der Waals surface area contributed by atoms with Crippen molar-refractivity contribution in [2.24, 2.45) is 0 Å². The lowest BCUT2D eigenvalue weighted by Crippen LogP contribution is -2.01. The van der Waals surface area contributed by atoms with E-state index in [0.29, 0.717) is 0 Å². The zero-order valence-electron chi connectivity index (χ0n) is 12.2. The van der Waals surface area contributed by atoms with Crippen molar-refractivity contribution in [2.45, 2.75) is 0 Å². The molecule has 0 aliphatic heterocycles. The van der Waals surface area contributed by atoms with Crippen LogP contribution in [0.5, 0.6) is 0 Å². The van der Waals surface area contributed by atoms with Crippen molar-refractivity contribution in [3.05, 3.63) is 70.8 Å². The predicted octanol–water partition coefficient (Wildman–Crippen LogP) is 4.80. The average Bonchev–Trinajstić information content (AvgIpc) is 2.55. The molecule has 0 spiro atoms. The molecule has 1 heterocycles. The molecule has 0 radical (unpaired) electrons. The molecule has 6 heteroatoms. The summed E-state index contributed by atoms with van der Waals surface area (Å²) in [6.45, 7) is 0. The minimum Gasteiger partial charge on any atom is -0.383 e. The third-order valence-electron chi connectivity index (χ3n) is 3.54. The summed E-state index contributed by atoms with van der Waals surface area (Å²) in [7, 11) is 0. The van der Waals surface area contributed by atoms with Gasteiger partial charge in [0.05, 0.1) is 10.7 Å². The SMILES string of the molecule is N#Cc1c(-c2c(F)cccc2Cl)cc(-c2ccccc2F)nc1N. The van der Waals surface area contributed by atoms with Crippen LogP contribution in [0.2, 0.25) is 5.02 Å². The second kappa shape index (κ2) is 6.26. The van der Waals surface area contributed by atoms with Gasteiger partial charge in [-0.1, -0.05) is 29.8 Å². The highest BCUT2D eigenvalue weighted by Gasteiger charge is 2.19. The number of hydrogen-bond acceptors (Lipinski definition) is 3. The Balaban J connectivity index is 2.34. The number of nitriles is 1. The molecule has 2 N–H and O–H groups in total. The molecule has 3 nitrogen and oxygen atoms in total. The van der Waals surface area contributed by atoms with E-state index in [1.165, 1.54) is 36.4 Å². The van der Waals surface area contributed by atoms with Gasteiger partial charge >= 0.3 is 0 Å². The minimum absolute atomic E-state index is 0.0120. The molecular weight excluding hydrogens is 332 g/mol. The number of hydrogen-bond donors (Lipinski definition) is 1. The molecule has 3 rings (SSSR count). The lowest BCUT2D eigenvalue weighted by molar-refractivity contribution is 0.630. The second-order valence-corrected chi connectivity index (χ2v) is 5.41. The number of nitrogens with zero attached hydrogens (tertiary/aromatic N) is 2. The fourth-order valence-corrected chi connectivity index (χ4v) is 2.71. The Hall–Kier alpha value is -2.97. The van der Waals surface area contributed by atoms with Gasteiger partial charge in [-0.25, -0.2) is 13.8 Å². The van der Waals surface area contributed by atoms with E-state index >= 15 is 0 Å². The molecule has 0 aliphatic rings. The van der Waals surface area contributed by atoms with Crippen molar-refractivity contribution in [1.82, 2.24) is 4.98 Å². The number of rotatable bonds is 2. The molecule has 2 aromatic carbocycles. The molecule has 24 heavy (non-hydrogen) atoms. The van der Waals surface area contributed by atoms with Crippen LogP contribution >= 0.6 is 11.6 Å². The summed E-state index contributed by atoms with van der Waals surface area (Å²) in [5.41, 5.74) is 6.42. The van der Waals surface area contributed by atoms with E-state index in [4.69, 9.17) is 17.3 Å². The summed E-state index contributed by atoms with van der Waals surface area (Å²) in [6, 6.07) is 13.5. The number of nitrogen functional groups attached to an aromatic ring is 1. The maximum Gasteiger partial charge on any atom is 0.142 e. The maximum absolute atomic E-state index is 14.3. The summed E-state index contributed by atoms with van der Waals surface area (Å²) in [5.74, 6) is -1.23.